The topological polar surface area (TPSA) is 92.0 Å². The van der Waals surface area contributed by atoms with Gasteiger partial charge in [-0.3, -0.25) is 14.9 Å². The Kier molecular flexibility index (Phi) is 7.38. The SMILES string of the molecule is CNc1nc(NC2CCN(CCOC)C[C@@H]2F)nn2ccc(-c3ccc(N=C(C)C)c(C)n3)c12. The van der Waals surface area contributed by atoms with Crippen LogP contribution in [0, 0.1) is 6.92 Å². The molecular weight excluding hydrogens is 435 g/mol. The molecule has 0 bridgehead atoms. The summed E-state index contributed by atoms with van der Waals surface area (Å²) in [5.41, 5.74) is 5.24. The Morgan fingerprint density at radius 1 is 1.26 bits per heavy atom. The van der Waals surface area contributed by atoms with E-state index in [1.54, 1.807) is 11.6 Å². The predicted octanol–water partition coefficient (Wildman–Crippen LogP) is 3.72. The van der Waals surface area contributed by atoms with E-state index < -0.39 is 6.17 Å². The molecule has 182 valence electrons. The number of hydrogen-bond donors (Lipinski definition) is 2. The van der Waals surface area contributed by atoms with Crippen LogP contribution in [-0.2, 0) is 4.74 Å². The molecule has 1 saturated heterocycles. The van der Waals surface area contributed by atoms with E-state index in [-0.39, 0.29) is 6.04 Å². The normalized spacial score (nSPS) is 18.8. The van der Waals surface area contributed by atoms with E-state index >= 15 is 0 Å². The first-order valence-electron chi connectivity index (χ1n) is 11.6. The van der Waals surface area contributed by atoms with Gasteiger partial charge < -0.3 is 15.4 Å². The molecule has 3 aromatic heterocycles. The van der Waals surface area contributed by atoms with Crippen LogP contribution >= 0.6 is 0 Å². The summed E-state index contributed by atoms with van der Waals surface area (Å²) in [7, 11) is 3.48. The Labute approximate surface area is 199 Å². The number of methoxy groups -OCH3 is 1. The average molecular weight is 469 g/mol. The minimum Gasteiger partial charge on any atom is -0.383 e. The summed E-state index contributed by atoms with van der Waals surface area (Å²) in [6, 6.07) is 5.57. The molecule has 2 N–H and O–H groups in total. The molecule has 4 rings (SSSR count). The summed E-state index contributed by atoms with van der Waals surface area (Å²) in [5, 5.41) is 11.0. The first kappa shape index (κ1) is 24.0. The number of aromatic nitrogens is 4. The summed E-state index contributed by atoms with van der Waals surface area (Å²) < 4.78 is 21.7. The molecule has 9 nitrogen and oxygen atoms in total. The highest BCUT2D eigenvalue weighted by atomic mass is 19.1. The van der Waals surface area contributed by atoms with Crippen LogP contribution in [0.5, 0.6) is 0 Å². The largest absolute Gasteiger partial charge is 0.383 e. The van der Waals surface area contributed by atoms with E-state index in [1.165, 1.54) is 0 Å². The van der Waals surface area contributed by atoms with Gasteiger partial charge in [-0.15, -0.1) is 5.10 Å². The van der Waals surface area contributed by atoms with Crippen molar-refractivity contribution in [3.05, 3.63) is 30.1 Å². The number of halogens is 1. The van der Waals surface area contributed by atoms with Crippen LogP contribution in [-0.4, -0.2) is 82.8 Å². The third-order valence-corrected chi connectivity index (χ3v) is 5.98. The minimum absolute atomic E-state index is 0.338. The van der Waals surface area contributed by atoms with Gasteiger partial charge >= 0.3 is 0 Å². The molecule has 1 fully saturated rings. The lowest BCUT2D eigenvalue weighted by atomic mass is 10.0. The number of anilines is 2. The molecule has 0 saturated carbocycles. The van der Waals surface area contributed by atoms with Gasteiger partial charge in [0.05, 0.1) is 29.7 Å². The molecule has 0 amide bonds. The quantitative estimate of drug-likeness (QED) is 0.487. The molecule has 1 aliphatic rings. The molecular formula is C24H33FN8O. The molecule has 1 unspecified atom stereocenters. The zero-order chi connectivity index (χ0) is 24.2. The number of ether oxygens (including phenoxy) is 1. The summed E-state index contributed by atoms with van der Waals surface area (Å²) >= 11 is 0. The second kappa shape index (κ2) is 10.4. The fourth-order valence-electron chi connectivity index (χ4n) is 4.25. The Morgan fingerprint density at radius 3 is 2.76 bits per heavy atom. The maximum atomic E-state index is 14.8. The van der Waals surface area contributed by atoms with Crippen molar-refractivity contribution in [1.29, 1.82) is 0 Å². The van der Waals surface area contributed by atoms with Crippen LogP contribution < -0.4 is 10.6 Å². The monoisotopic (exact) mass is 468 g/mol. The Morgan fingerprint density at radius 2 is 2.09 bits per heavy atom. The summed E-state index contributed by atoms with van der Waals surface area (Å²) in [5.74, 6) is 1.04. The fourth-order valence-corrected chi connectivity index (χ4v) is 4.25. The fraction of sp³-hybridized carbons (Fsp3) is 0.500. The van der Waals surface area contributed by atoms with E-state index in [9.17, 15) is 4.39 Å². The van der Waals surface area contributed by atoms with E-state index in [1.807, 2.05) is 52.2 Å². The van der Waals surface area contributed by atoms with Gasteiger partial charge in [-0.25, -0.2) is 8.91 Å². The number of nitrogens with one attached hydrogen (secondary N) is 2. The van der Waals surface area contributed by atoms with Gasteiger partial charge in [0.2, 0.25) is 5.95 Å². The molecule has 1 aliphatic heterocycles. The highest BCUT2D eigenvalue weighted by Gasteiger charge is 2.30. The molecule has 34 heavy (non-hydrogen) atoms. The van der Waals surface area contributed by atoms with Gasteiger partial charge in [-0.2, -0.15) is 4.98 Å². The maximum Gasteiger partial charge on any atom is 0.243 e. The first-order valence-corrected chi connectivity index (χ1v) is 11.6. The number of nitrogens with zero attached hydrogens (tertiary/aromatic N) is 6. The predicted molar refractivity (Wildman–Crippen MR) is 134 cm³/mol. The van der Waals surface area contributed by atoms with Crippen molar-refractivity contribution in [2.75, 3.05) is 51.0 Å². The number of aryl methyl sites for hydroxylation is 1. The smallest absolute Gasteiger partial charge is 0.243 e. The molecule has 0 aromatic carbocycles. The van der Waals surface area contributed by atoms with Crippen molar-refractivity contribution in [1.82, 2.24) is 24.5 Å². The van der Waals surface area contributed by atoms with Crippen LogP contribution in [0.4, 0.5) is 21.8 Å². The van der Waals surface area contributed by atoms with Gasteiger partial charge in [0.15, 0.2) is 5.82 Å². The van der Waals surface area contributed by atoms with Crippen molar-refractivity contribution in [3.8, 4) is 11.3 Å². The van der Waals surface area contributed by atoms with Gasteiger partial charge in [0, 0.05) is 51.3 Å². The van der Waals surface area contributed by atoms with Crippen LogP contribution in [0.3, 0.4) is 0 Å². The number of pyridine rings is 1. The number of alkyl halides is 1. The molecule has 0 radical (unpaired) electrons. The van der Waals surface area contributed by atoms with E-state index in [2.05, 4.69) is 30.6 Å². The van der Waals surface area contributed by atoms with Gasteiger partial charge in [0.25, 0.3) is 0 Å². The highest BCUT2D eigenvalue weighted by molar-refractivity contribution is 5.88. The molecule has 3 aromatic rings. The van der Waals surface area contributed by atoms with Crippen molar-refractivity contribution in [3.63, 3.8) is 0 Å². The number of likely N-dealkylation sites (tertiary alicyclic amines) is 1. The van der Waals surface area contributed by atoms with Gasteiger partial charge in [-0.1, -0.05) is 0 Å². The third-order valence-electron chi connectivity index (χ3n) is 5.98. The van der Waals surface area contributed by atoms with E-state index in [0.717, 1.165) is 47.0 Å². The average Bonchev–Trinajstić information content (AvgIpc) is 3.24. The Bertz CT molecular complexity index is 1170. The zero-order valence-corrected chi connectivity index (χ0v) is 20.5. The Hall–Kier alpha value is -3.11. The van der Waals surface area contributed by atoms with E-state index in [4.69, 9.17) is 9.72 Å². The molecule has 4 heterocycles. The van der Waals surface area contributed by atoms with Crippen molar-refractivity contribution >= 4 is 28.7 Å². The number of hydrogen-bond acceptors (Lipinski definition) is 8. The maximum absolute atomic E-state index is 14.8. The lowest BCUT2D eigenvalue weighted by Crippen LogP contribution is -2.48. The van der Waals surface area contributed by atoms with Crippen LogP contribution in [0.2, 0.25) is 0 Å². The van der Waals surface area contributed by atoms with Gasteiger partial charge in [0.1, 0.15) is 11.7 Å². The van der Waals surface area contributed by atoms with Gasteiger partial charge in [-0.05, 0) is 45.4 Å². The summed E-state index contributed by atoms with van der Waals surface area (Å²) in [4.78, 5) is 16.0. The van der Waals surface area contributed by atoms with Crippen LogP contribution in [0.1, 0.15) is 26.0 Å². The number of rotatable bonds is 8. The molecule has 0 spiro atoms. The summed E-state index contributed by atoms with van der Waals surface area (Å²) in [6.45, 7) is 8.40. The van der Waals surface area contributed by atoms with Crippen molar-refractivity contribution < 1.29 is 9.13 Å². The number of fused-ring (bicyclic) bond motifs is 1. The van der Waals surface area contributed by atoms with E-state index in [0.29, 0.717) is 31.3 Å². The second-order valence-electron chi connectivity index (χ2n) is 8.77. The third kappa shape index (κ3) is 5.18. The number of piperidine rings is 1. The highest BCUT2D eigenvalue weighted by Crippen LogP contribution is 2.31. The number of aliphatic imine (C=N–C) groups is 1. The lowest BCUT2D eigenvalue weighted by molar-refractivity contribution is 0.0918. The Balaban J connectivity index is 1.58. The molecule has 2 atom stereocenters. The van der Waals surface area contributed by atoms with Crippen molar-refractivity contribution in [2.45, 2.75) is 39.4 Å². The first-order chi connectivity index (χ1) is 16.4. The van der Waals surface area contributed by atoms with Crippen LogP contribution in [0.15, 0.2) is 29.4 Å². The zero-order valence-electron chi connectivity index (χ0n) is 20.5. The molecule has 10 heteroatoms. The van der Waals surface area contributed by atoms with Crippen LogP contribution in [0.25, 0.3) is 16.8 Å². The summed E-state index contributed by atoms with van der Waals surface area (Å²) in [6.07, 6.45) is 1.54. The molecule has 0 aliphatic carbocycles. The standard InChI is InChI=1S/C24H33FN8O/c1-15(2)27-19-6-7-20(28-16(19)3)17-8-11-33-22(17)23(26-4)30-24(31-33)29-21-9-10-32(12-13-34-5)14-18(21)25/h6-8,11,18,21H,9-10,12-14H2,1-5H3,(H2,26,29,30,31)/t18-,21?/m0/s1. The second-order valence-corrected chi connectivity index (χ2v) is 8.77. The minimum atomic E-state index is -1.01. The lowest BCUT2D eigenvalue weighted by Gasteiger charge is -2.34. The van der Waals surface area contributed by atoms with Crippen molar-refractivity contribution in [2.24, 2.45) is 4.99 Å².